The molecule has 1 aromatic heterocycles. The number of nitrogens with zero attached hydrogens (tertiary/aromatic N) is 1. The van der Waals surface area contributed by atoms with Crippen molar-refractivity contribution in [2.45, 2.75) is 62.3 Å². The zero-order chi connectivity index (χ0) is 53.8. The van der Waals surface area contributed by atoms with Gasteiger partial charge in [0, 0.05) is 72.4 Å². The summed E-state index contributed by atoms with van der Waals surface area (Å²) in [6, 6.07) is 16.9. The van der Waals surface area contributed by atoms with Gasteiger partial charge in [0.15, 0.2) is 5.78 Å². The number of fused-ring (bicyclic) bond motifs is 1. The van der Waals surface area contributed by atoms with Crippen molar-refractivity contribution in [2.24, 2.45) is 0 Å². The highest BCUT2D eigenvalue weighted by Crippen LogP contribution is 2.33. The normalized spacial score (nSPS) is 15.7. The SMILES string of the molecule is O=C(CCCCC1SCC2NC(=O)NC21)NCCOCCOCCOCCOCCC(=O)NCCCOc1ccc(C(=O)c2ccc(NCCOCCOCCOCCOCCC(=O)On3c(O)ccc3O)cc2)cc1. The Bertz CT molecular complexity index is 2120. The third kappa shape index (κ3) is 25.0. The minimum atomic E-state index is -0.673. The predicted octanol–water partition coefficient (Wildman–Crippen LogP) is 2.84. The van der Waals surface area contributed by atoms with Crippen LogP contribution in [0.1, 0.15) is 60.9 Å². The molecule has 0 aliphatic carbocycles. The molecule has 2 aliphatic heterocycles. The molecular weight excluding hydrogens is 1010 g/mol. The van der Waals surface area contributed by atoms with Crippen LogP contribution >= 0.6 is 11.8 Å². The minimum Gasteiger partial charge on any atom is -0.494 e. The Labute approximate surface area is 447 Å². The molecule has 422 valence electrons. The van der Waals surface area contributed by atoms with E-state index >= 15 is 0 Å². The summed E-state index contributed by atoms with van der Waals surface area (Å²) < 4.78 is 50.3. The second kappa shape index (κ2) is 37.1. The summed E-state index contributed by atoms with van der Waals surface area (Å²) in [5.41, 5.74) is 1.96. The molecule has 0 radical (unpaired) electrons. The second-order valence-corrected chi connectivity index (χ2v) is 18.6. The van der Waals surface area contributed by atoms with Gasteiger partial charge in [-0.3, -0.25) is 14.4 Å². The smallest absolute Gasteiger partial charge is 0.335 e. The van der Waals surface area contributed by atoms with Crippen molar-refractivity contribution in [1.29, 1.82) is 0 Å². The molecule has 3 atom stereocenters. The fourth-order valence-corrected chi connectivity index (χ4v) is 9.11. The Hall–Kier alpha value is -5.70. The highest BCUT2D eigenvalue weighted by molar-refractivity contribution is 8.00. The number of hydrogen-bond donors (Lipinski definition) is 7. The first-order valence-electron chi connectivity index (χ1n) is 25.9. The lowest BCUT2D eigenvalue weighted by Gasteiger charge is -2.16. The third-order valence-electron chi connectivity index (χ3n) is 11.5. The van der Waals surface area contributed by atoms with E-state index in [2.05, 4.69) is 26.6 Å². The molecule has 0 bridgehead atoms. The molecule has 76 heavy (non-hydrogen) atoms. The Morgan fingerprint density at radius 3 is 1.67 bits per heavy atom. The number of aromatic hydroxyl groups is 2. The average molecular weight is 1090 g/mol. The molecule has 3 aromatic rings. The van der Waals surface area contributed by atoms with E-state index in [9.17, 15) is 34.2 Å². The van der Waals surface area contributed by atoms with Crippen LogP contribution < -0.4 is 36.2 Å². The van der Waals surface area contributed by atoms with E-state index in [4.69, 9.17) is 47.5 Å². The van der Waals surface area contributed by atoms with Crippen LogP contribution in [0.2, 0.25) is 0 Å². The maximum Gasteiger partial charge on any atom is 0.335 e. The molecule has 3 heterocycles. The number of anilines is 1. The number of ether oxygens (including phenoxy) is 9. The topological polar surface area (TPSA) is 283 Å². The number of aromatic nitrogens is 1. The van der Waals surface area contributed by atoms with Gasteiger partial charge in [0.05, 0.1) is 131 Å². The van der Waals surface area contributed by atoms with Crippen LogP contribution in [0.25, 0.3) is 0 Å². The van der Waals surface area contributed by atoms with E-state index in [0.717, 1.165) is 30.7 Å². The largest absolute Gasteiger partial charge is 0.494 e. The first-order chi connectivity index (χ1) is 37.2. The lowest BCUT2D eigenvalue weighted by molar-refractivity contribution is -0.146. The molecule has 4 amide bonds. The minimum absolute atomic E-state index is 0.0204. The molecule has 2 saturated heterocycles. The summed E-state index contributed by atoms with van der Waals surface area (Å²) >= 11 is 1.89. The molecule has 3 unspecified atom stereocenters. The summed E-state index contributed by atoms with van der Waals surface area (Å²) in [6.45, 7) is 7.76. The predicted molar refractivity (Wildman–Crippen MR) is 280 cm³/mol. The standard InChI is InChI=1S/C52H76N6O17S/c59-45(5-2-1-4-44-50-43(38-76-44)56-52(65)57-50)55-20-25-69-29-33-73-36-34-70-30-26-66-22-16-46(60)54-18-3-21-74-42-12-8-40(9-13-42)51(64)39-6-10-41(11-7-39)53-19-24-68-28-32-72-37-35-71-31-27-67-23-17-49(63)75-58-47(61)14-15-48(58)62/h6-15,43-44,50,53,61-62H,1-5,16-38H2,(H,54,60)(H,55,59)(H2,56,57,65). The number of amides is 4. The number of carbonyl (C=O) groups excluding carboxylic acids is 5. The average Bonchev–Trinajstić information content (AvgIpc) is 4.09. The lowest BCUT2D eigenvalue weighted by Crippen LogP contribution is -2.36. The third-order valence-corrected chi connectivity index (χ3v) is 13.1. The number of urea groups is 1. The van der Waals surface area contributed by atoms with Gasteiger partial charge in [-0.2, -0.15) is 11.8 Å². The highest BCUT2D eigenvalue weighted by atomic mass is 32.2. The number of unbranched alkanes of at least 4 members (excludes halogenated alkanes) is 1. The van der Waals surface area contributed by atoms with Crippen molar-refractivity contribution >= 4 is 47.0 Å². The van der Waals surface area contributed by atoms with Gasteiger partial charge in [-0.15, -0.1) is 4.73 Å². The molecular formula is C52H76N6O17S. The number of nitrogens with one attached hydrogen (secondary N) is 5. The number of thioether (sulfide) groups is 1. The second-order valence-electron chi connectivity index (χ2n) is 17.3. The van der Waals surface area contributed by atoms with E-state index in [-0.39, 0.29) is 68.4 Å². The van der Waals surface area contributed by atoms with Crippen molar-refractivity contribution in [1.82, 2.24) is 26.0 Å². The van der Waals surface area contributed by atoms with Crippen LogP contribution in [0.3, 0.4) is 0 Å². The first kappa shape index (κ1) is 61.2. The van der Waals surface area contributed by atoms with Crippen molar-refractivity contribution in [3.63, 3.8) is 0 Å². The van der Waals surface area contributed by atoms with E-state index in [1.54, 1.807) is 36.4 Å². The number of hydrogen-bond acceptors (Lipinski definition) is 19. The fraction of sp³-hybridized carbons (Fsp3) is 0.596. The summed E-state index contributed by atoms with van der Waals surface area (Å²) in [7, 11) is 0. The monoisotopic (exact) mass is 1090 g/mol. The Morgan fingerprint density at radius 1 is 0.553 bits per heavy atom. The van der Waals surface area contributed by atoms with Gasteiger partial charge >= 0.3 is 12.0 Å². The molecule has 2 fully saturated rings. The van der Waals surface area contributed by atoms with Crippen molar-refractivity contribution in [2.75, 3.05) is 143 Å². The number of carbonyl (C=O) groups is 5. The lowest BCUT2D eigenvalue weighted by atomic mass is 10.0. The summed E-state index contributed by atoms with van der Waals surface area (Å²) in [5.74, 6) is -0.0795. The van der Waals surface area contributed by atoms with E-state index in [1.807, 2.05) is 23.9 Å². The molecule has 24 heteroatoms. The molecule has 23 nitrogen and oxygen atoms in total. The van der Waals surface area contributed by atoms with Gasteiger partial charge in [0.1, 0.15) is 5.75 Å². The van der Waals surface area contributed by atoms with Crippen LogP contribution in [0.4, 0.5) is 10.5 Å². The van der Waals surface area contributed by atoms with E-state index < -0.39 is 17.7 Å². The molecule has 7 N–H and O–H groups in total. The van der Waals surface area contributed by atoms with Crippen LogP contribution in [-0.4, -0.2) is 200 Å². The van der Waals surface area contributed by atoms with Gasteiger partial charge < -0.3 is 84.3 Å². The van der Waals surface area contributed by atoms with E-state index in [1.165, 1.54) is 12.1 Å². The Morgan fingerprint density at radius 2 is 1.07 bits per heavy atom. The first-order valence-corrected chi connectivity index (χ1v) is 27.0. The van der Waals surface area contributed by atoms with E-state index in [0.29, 0.717) is 152 Å². The highest BCUT2D eigenvalue weighted by Gasteiger charge is 2.42. The van der Waals surface area contributed by atoms with Gasteiger partial charge in [0.25, 0.3) is 0 Å². The summed E-state index contributed by atoms with van der Waals surface area (Å²) in [6.07, 6.45) is 4.03. The molecule has 2 aromatic carbocycles. The molecule has 2 aliphatic rings. The molecule has 5 rings (SSSR count). The Kier molecular flexibility index (Phi) is 29.9. The van der Waals surface area contributed by atoms with Crippen molar-refractivity contribution in [3.8, 4) is 17.5 Å². The number of ketones is 1. The van der Waals surface area contributed by atoms with Crippen LogP contribution in [-0.2, 0) is 52.3 Å². The molecule has 0 saturated carbocycles. The van der Waals surface area contributed by atoms with Crippen LogP contribution in [0.15, 0.2) is 60.7 Å². The van der Waals surface area contributed by atoms with Gasteiger partial charge in [-0.1, -0.05) is 6.42 Å². The molecule has 0 spiro atoms. The van der Waals surface area contributed by atoms with Crippen molar-refractivity contribution < 1.29 is 81.7 Å². The number of rotatable bonds is 44. The van der Waals surface area contributed by atoms with Gasteiger partial charge in [-0.25, -0.2) is 9.59 Å². The maximum atomic E-state index is 13.1. The maximum absolute atomic E-state index is 13.1. The van der Waals surface area contributed by atoms with Crippen molar-refractivity contribution in [3.05, 3.63) is 71.8 Å². The Balaban J connectivity index is 0.730. The van der Waals surface area contributed by atoms with Gasteiger partial charge in [0.2, 0.25) is 23.6 Å². The quantitative estimate of drug-likeness (QED) is 0.0244. The fourth-order valence-electron chi connectivity index (χ4n) is 7.57. The van der Waals surface area contributed by atoms with Crippen LogP contribution in [0.5, 0.6) is 17.5 Å². The van der Waals surface area contributed by atoms with Crippen LogP contribution in [0, 0.1) is 0 Å². The van der Waals surface area contributed by atoms with Gasteiger partial charge in [-0.05, 0) is 67.8 Å². The summed E-state index contributed by atoms with van der Waals surface area (Å²) in [4.78, 5) is 65.5. The number of benzene rings is 2. The zero-order valence-corrected chi connectivity index (χ0v) is 44.0. The summed E-state index contributed by atoms with van der Waals surface area (Å²) in [5, 5.41) is 34.3. The zero-order valence-electron chi connectivity index (χ0n) is 43.2.